The largest absolute Gasteiger partial charge is 0.488 e. The van der Waals surface area contributed by atoms with Crippen LogP contribution in [-0.4, -0.2) is 38.6 Å². The third-order valence-electron chi connectivity index (χ3n) is 6.00. The fourth-order valence-electron chi connectivity index (χ4n) is 4.67. The summed E-state index contributed by atoms with van der Waals surface area (Å²) in [5.74, 6) is -3.76. The van der Waals surface area contributed by atoms with Gasteiger partial charge in [-0.05, 0) is 30.0 Å². The number of ether oxygens (including phenoxy) is 1. The van der Waals surface area contributed by atoms with Crippen LogP contribution < -0.4 is 14.4 Å². The van der Waals surface area contributed by atoms with Crippen LogP contribution in [0.2, 0.25) is 0 Å². The van der Waals surface area contributed by atoms with E-state index in [1.807, 2.05) is 25.7 Å². The summed E-state index contributed by atoms with van der Waals surface area (Å²) in [7, 11) is -3.81. The average molecular weight is 482 g/mol. The van der Waals surface area contributed by atoms with Crippen molar-refractivity contribution < 1.29 is 36.6 Å². The number of fused-ring (bicyclic) bond motifs is 4. The molecule has 2 aliphatic rings. The first-order valence-electron chi connectivity index (χ1n) is 10.9. The fraction of sp³-hybridized carbons (Fsp3) is 0.435. The van der Waals surface area contributed by atoms with Gasteiger partial charge >= 0.3 is 16.0 Å². The van der Waals surface area contributed by atoms with Gasteiger partial charge in [0.05, 0.1) is 17.8 Å². The molecule has 0 unspecified atom stereocenters. The molecule has 1 atom stereocenters. The molecular formula is C23H27F2N2O5S+. The number of carboxylic acid groups (broad SMARTS) is 1. The summed E-state index contributed by atoms with van der Waals surface area (Å²) in [4.78, 5) is 13.5. The highest BCUT2D eigenvalue weighted by Gasteiger charge is 2.37. The van der Waals surface area contributed by atoms with Crippen molar-refractivity contribution >= 4 is 21.7 Å². The Morgan fingerprint density at radius 2 is 1.97 bits per heavy atom. The number of nitrogens with two attached hydrogens (primary N) is 1. The molecule has 0 amide bonds. The molecular weight excluding hydrogens is 454 g/mol. The van der Waals surface area contributed by atoms with E-state index in [0.29, 0.717) is 36.9 Å². The van der Waals surface area contributed by atoms with Gasteiger partial charge in [-0.1, -0.05) is 20.8 Å². The molecule has 33 heavy (non-hydrogen) atoms. The molecule has 0 aromatic heterocycles. The van der Waals surface area contributed by atoms with Gasteiger partial charge in [0.2, 0.25) is 0 Å². The zero-order chi connectivity index (χ0) is 24.1. The van der Waals surface area contributed by atoms with E-state index in [4.69, 9.17) is 4.74 Å². The summed E-state index contributed by atoms with van der Waals surface area (Å²) < 4.78 is 62.7. The molecule has 0 fully saturated rings. The number of primary sulfonamides is 1. The lowest BCUT2D eigenvalue weighted by molar-refractivity contribution is -0.538. The number of hydrogen-bond acceptors (Lipinski definition) is 5. The number of nitrogens with zero attached hydrogens (tertiary/aromatic N) is 1. The monoisotopic (exact) mass is 481 g/mol. The van der Waals surface area contributed by atoms with Crippen LogP contribution in [0.3, 0.4) is 0 Å². The van der Waals surface area contributed by atoms with Crippen molar-refractivity contribution in [2.75, 3.05) is 18.0 Å². The molecule has 2 heterocycles. The number of halogens is 2. The third-order valence-corrected chi connectivity index (χ3v) is 7.69. The quantitative estimate of drug-likeness (QED) is 0.681. The maximum absolute atomic E-state index is 14.6. The summed E-state index contributed by atoms with van der Waals surface area (Å²) in [6, 6.07) is 3.89. The molecule has 2 aromatic rings. The number of sulfonamides is 1. The molecule has 2 aliphatic heterocycles. The van der Waals surface area contributed by atoms with E-state index in [-0.39, 0.29) is 34.2 Å². The van der Waals surface area contributed by atoms with Gasteiger partial charge in [0.1, 0.15) is 23.3 Å². The first-order chi connectivity index (χ1) is 15.5. The van der Waals surface area contributed by atoms with E-state index in [2.05, 4.69) is 0 Å². The van der Waals surface area contributed by atoms with E-state index in [1.54, 1.807) is 6.07 Å². The normalized spacial score (nSPS) is 18.7. The topological polar surface area (TPSA) is 101 Å². The number of carboxylic acids is 1. The minimum Gasteiger partial charge on any atom is -0.488 e. The smallest absolute Gasteiger partial charge is 0.338 e. The van der Waals surface area contributed by atoms with Crippen LogP contribution in [0.15, 0.2) is 23.1 Å². The average Bonchev–Trinajstić information content (AvgIpc) is 2.82. The van der Waals surface area contributed by atoms with Crippen molar-refractivity contribution in [3.8, 4) is 16.9 Å². The van der Waals surface area contributed by atoms with E-state index >= 15 is 0 Å². The van der Waals surface area contributed by atoms with Crippen molar-refractivity contribution in [2.24, 2.45) is 5.92 Å². The second-order valence-corrected chi connectivity index (χ2v) is 10.8. The molecule has 0 saturated heterocycles. The maximum atomic E-state index is 14.6. The summed E-state index contributed by atoms with van der Waals surface area (Å²) >= 11 is 0. The first kappa shape index (κ1) is 23.4. The van der Waals surface area contributed by atoms with Gasteiger partial charge < -0.3 is 14.7 Å². The van der Waals surface area contributed by atoms with Crippen LogP contribution in [0.25, 0.3) is 11.1 Å². The number of hydrogen-bond donors (Lipinski definition) is 2. The number of quaternary nitrogens is 1. The van der Waals surface area contributed by atoms with Crippen LogP contribution in [0, 0.1) is 17.6 Å². The Balaban J connectivity index is 1.93. The third kappa shape index (κ3) is 4.17. The Labute approximate surface area is 191 Å². The Hall–Kier alpha value is -2.72. The maximum Gasteiger partial charge on any atom is 0.338 e. The zero-order valence-electron chi connectivity index (χ0n) is 18.7. The van der Waals surface area contributed by atoms with Crippen LogP contribution in [0.4, 0.5) is 14.5 Å². The van der Waals surface area contributed by atoms with Gasteiger partial charge in [0.25, 0.3) is 0 Å². The minimum atomic E-state index is -3.81. The van der Waals surface area contributed by atoms with Gasteiger partial charge in [-0.15, -0.1) is 0 Å². The second kappa shape index (κ2) is 8.57. The van der Waals surface area contributed by atoms with Crippen molar-refractivity contribution in [3.63, 3.8) is 0 Å². The van der Waals surface area contributed by atoms with Crippen molar-refractivity contribution in [1.82, 2.24) is 0 Å². The van der Waals surface area contributed by atoms with Gasteiger partial charge in [-0.3, -0.25) is 0 Å². The highest BCUT2D eigenvalue weighted by molar-refractivity contribution is 7.85. The van der Waals surface area contributed by atoms with E-state index in [9.17, 15) is 27.1 Å². The number of aromatic carboxylic acids is 1. The summed E-state index contributed by atoms with van der Waals surface area (Å²) in [5.41, 5.74) is -0.0959. The van der Waals surface area contributed by atoms with E-state index in [1.165, 1.54) is 10.8 Å². The van der Waals surface area contributed by atoms with Gasteiger partial charge in [0, 0.05) is 30.2 Å². The van der Waals surface area contributed by atoms with E-state index in [0.717, 1.165) is 12.5 Å². The molecule has 3 N–H and O–H groups in total. The summed E-state index contributed by atoms with van der Waals surface area (Å²) in [6.07, 6.45) is 1.51. The lowest BCUT2D eigenvalue weighted by Gasteiger charge is -2.28. The fourth-order valence-corrected chi connectivity index (χ4v) is 6.29. The molecule has 4 rings (SSSR count). The zero-order valence-corrected chi connectivity index (χ0v) is 19.5. The van der Waals surface area contributed by atoms with E-state index < -0.39 is 33.2 Å². The number of benzene rings is 2. The molecule has 178 valence electrons. The lowest BCUT2D eigenvalue weighted by atomic mass is 9.93. The Bertz CT molecular complexity index is 1230. The van der Waals surface area contributed by atoms with Gasteiger partial charge in [-0.25, -0.2) is 18.3 Å². The van der Waals surface area contributed by atoms with Crippen LogP contribution in [0.1, 0.15) is 49.5 Å². The molecule has 0 radical (unpaired) electrons. The minimum absolute atomic E-state index is 0.0546. The molecule has 0 bridgehead atoms. The van der Waals surface area contributed by atoms with Crippen LogP contribution in [0.5, 0.6) is 5.75 Å². The van der Waals surface area contributed by atoms with Gasteiger partial charge in [0.15, 0.2) is 11.6 Å². The lowest BCUT2D eigenvalue weighted by Crippen LogP contribution is -2.93. The molecule has 0 aliphatic carbocycles. The summed E-state index contributed by atoms with van der Waals surface area (Å²) in [6.45, 7) is 6.99. The molecule has 10 heteroatoms. The Morgan fingerprint density at radius 3 is 2.61 bits per heavy atom. The van der Waals surface area contributed by atoms with Crippen molar-refractivity contribution in [1.29, 1.82) is 0 Å². The van der Waals surface area contributed by atoms with Crippen LogP contribution >= 0.6 is 0 Å². The number of carbonyl (C=O) groups is 1. The molecule has 7 nitrogen and oxygen atoms in total. The Morgan fingerprint density at radius 1 is 1.24 bits per heavy atom. The summed E-state index contributed by atoms with van der Waals surface area (Å²) in [5, 5.41) is 9.30. The molecule has 2 aromatic carbocycles. The SMILES string of the molecule is CCCN1C[C@@H](CC(C)C)[NH2+]S(=O)(=O)c2cc3c(cc21)OCc1c-3cc(C(=O)O)c(F)c1F. The molecule has 0 spiro atoms. The Kier molecular flexibility index (Phi) is 6.09. The van der Waals surface area contributed by atoms with Crippen molar-refractivity contribution in [2.45, 2.75) is 51.2 Å². The highest BCUT2D eigenvalue weighted by atomic mass is 32.2. The predicted octanol–water partition coefficient (Wildman–Crippen LogP) is 3.12. The standard InChI is InChI=1S/C23H26F2N2O5S/c1-4-5-27-10-13(6-12(2)3)26-33(30,31)20-8-15-14-7-16(23(28)29)21(24)22(25)17(14)11-32-19(15)9-18(20)27/h7-9,12-13,26H,4-6,10-11H2,1-3H3,(H,28,29)/p+1/t13-/m1/s1. The van der Waals surface area contributed by atoms with Crippen molar-refractivity contribution in [3.05, 3.63) is 41.0 Å². The first-order valence-corrected chi connectivity index (χ1v) is 12.5. The number of rotatable bonds is 5. The van der Waals surface area contributed by atoms with Crippen LogP contribution in [-0.2, 0) is 16.6 Å². The molecule has 0 saturated carbocycles. The predicted molar refractivity (Wildman–Crippen MR) is 118 cm³/mol. The van der Waals surface area contributed by atoms with Gasteiger partial charge in [-0.2, -0.15) is 8.42 Å². The number of anilines is 1. The highest BCUT2D eigenvalue weighted by Crippen LogP contribution is 2.44. The second-order valence-electron chi connectivity index (χ2n) is 9.00.